The van der Waals surface area contributed by atoms with Gasteiger partial charge in [-0.25, -0.2) is 13.4 Å². The van der Waals surface area contributed by atoms with E-state index < -0.39 is 9.84 Å². The van der Waals surface area contributed by atoms with Gasteiger partial charge in [0.25, 0.3) is 0 Å². The fourth-order valence-electron chi connectivity index (χ4n) is 0.651. The molecular weight excluding hydrogens is 154 g/mol. The van der Waals surface area contributed by atoms with Crippen LogP contribution in [0.2, 0.25) is 0 Å². The van der Waals surface area contributed by atoms with Crippen LogP contribution in [-0.2, 0) is 9.84 Å². The van der Waals surface area contributed by atoms with Gasteiger partial charge in [-0.05, 0) is 6.92 Å². The second kappa shape index (κ2) is 2.09. The molecule has 0 fully saturated rings. The Morgan fingerprint density at radius 2 is 2.20 bits per heavy atom. The lowest BCUT2D eigenvalue weighted by Crippen LogP contribution is -1.98. The lowest BCUT2D eigenvalue weighted by Gasteiger charge is -1.88. The maximum Gasteiger partial charge on any atom is 0.196 e. The summed E-state index contributed by atoms with van der Waals surface area (Å²) in [6.07, 6.45) is 2.21. The molecule has 1 rings (SSSR count). The van der Waals surface area contributed by atoms with E-state index in [1.165, 1.54) is 0 Å². The Balaban J connectivity index is 3.32. The molecule has 4 nitrogen and oxygen atoms in total. The SMILES string of the molecule is Cc1ocnc1S(C)(=O)=O. The van der Waals surface area contributed by atoms with E-state index in [1.54, 1.807) is 6.92 Å². The van der Waals surface area contributed by atoms with Gasteiger partial charge in [0.1, 0.15) is 5.76 Å². The topological polar surface area (TPSA) is 60.2 Å². The van der Waals surface area contributed by atoms with Crippen LogP contribution >= 0.6 is 0 Å². The first-order valence-electron chi connectivity index (χ1n) is 2.62. The van der Waals surface area contributed by atoms with Gasteiger partial charge in [-0.1, -0.05) is 0 Å². The van der Waals surface area contributed by atoms with E-state index in [-0.39, 0.29) is 5.03 Å². The number of sulfone groups is 1. The van der Waals surface area contributed by atoms with E-state index >= 15 is 0 Å². The first-order chi connectivity index (χ1) is 4.52. The Hall–Kier alpha value is -0.840. The molecule has 1 aromatic rings. The molecule has 0 saturated carbocycles. The Kier molecular flexibility index (Phi) is 1.52. The van der Waals surface area contributed by atoms with Crippen LogP contribution in [0.4, 0.5) is 0 Å². The quantitative estimate of drug-likeness (QED) is 0.597. The van der Waals surface area contributed by atoms with Crippen LogP contribution in [0.5, 0.6) is 0 Å². The van der Waals surface area contributed by atoms with Crippen LogP contribution in [0.25, 0.3) is 0 Å². The zero-order valence-electron chi connectivity index (χ0n) is 5.66. The second-order valence-electron chi connectivity index (χ2n) is 1.99. The van der Waals surface area contributed by atoms with Crippen molar-refractivity contribution in [3.8, 4) is 0 Å². The number of oxazole rings is 1. The molecule has 0 aliphatic heterocycles. The third kappa shape index (κ3) is 1.18. The molecule has 5 heteroatoms. The number of hydrogen-bond donors (Lipinski definition) is 0. The van der Waals surface area contributed by atoms with Crippen molar-refractivity contribution < 1.29 is 12.8 Å². The van der Waals surface area contributed by atoms with E-state index in [9.17, 15) is 8.42 Å². The molecule has 0 bridgehead atoms. The Labute approximate surface area is 58.8 Å². The first kappa shape index (κ1) is 7.27. The standard InChI is InChI=1S/C5H7NO3S/c1-4-5(6-3-9-4)10(2,7)8/h3H,1-2H3. The third-order valence-corrected chi connectivity index (χ3v) is 2.15. The molecule has 0 radical (unpaired) electrons. The Morgan fingerprint density at radius 1 is 1.60 bits per heavy atom. The molecule has 0 N–H and O–H groups in total. The summed E-state index contributed by atoms with van der Waals surface area (Å²) < 4.78 is 26.3. The first-order valence-corrected chi connectivity index (χ1v) is 4.51. The van der Waals surface area contributed by atoms with E-state index in [1.807, 2.05) is 0 Å². The van der Waals surface area contributed by atoms with Crippen LogP contribution in [0.3, 0.4) is 0 Å². The highest BCUT2D eigenvalue weighted by atomic mass is 32.2. The van der Waals surface area contributed by atoms with Gasteiger partial charge >= 0.3 is 0 Å². The summed E-state index contributed by atoms with van der Waals surface area (Å²) in [5.41, 5.74) is 0. The monoisotopic (exact) mass is 161 g/mol. The minimum absolute atomic E-state index is 0.0208. The number of nitrogens with zero attached hydrogens (tertiary/aromatic N) is 1. The molecule has 0 aromatic carbocycles. The number of hydrogen-bond acceptors (Lipinski definition) is 4. The van der Waals surface area contributed by atoms with Crippen molar-refractivity contribution >= 4 is 9.84 Å². The Morgan fingerprint density at radius 3 is 2.40 bits per heavy atom. The third-order valence-electron chi connectivity index (χ3n) is 1.05. The van der Waals surface area contributed by atoms with Crippen molar-refractivity contribution in [3.63, 3.8) is 0 Å². The van der Waals surface area contributed by atoms with Crippen molar-refractivity contribution in [2.24, 2.45) is 0 Å². The molecule has 56 valence electrons. The molecule has 0 atom stereocenters. The zero-order valence-corrected chi connectivity index (χ0v) is 6.47. The maximum atomic E-state index is 10.8. The van der Waals surface area contributed by atoms with Gasteiger partial charge in [0.05, 0.1) is 0 Å². The van der Waals surface area contributed by atoms with E-state index in [2.05, 4.69) is 4.98 Å². The summed E-state index contributed by atoms with van der Waals surface area (Å²) in [5.74, 6) is 0.336. The smallest absolute Gasteiger partial charge is 0.196 e. The summed E-state index contributed by atoms with van der Waals surface area (Å²) in [6, 6.07) is 0. The molecule has 1 heterocycles. The molecule has 1 aromatic heterocycles. The number of aromatic nitrogens is 1. The van der Waals surface area contributed by atoms with E-state index in [0.29, 0.717) is 5.76 Å². The van der Waals surface area contributed by atoms with Gasteiger partial charge in [-0.15, -0.1) is 0 Å². The van der Waals surface area contributed by atoms with Crippen molar-refractivity contribution in [2.75, 3.05) is 6.26 Å². The van der Waals surface area contributed by atoms with Gasteiger partial charge in [-0.2, -0.15) is 0 Å². The van der Waals surface area contributed by atoms with Crippen molar-refractivity contribution in [3.05, 3.63) is 12.2 Å². The average molecular weight is 161 g/mol. The van der Waals surface area contributed by atoms with Gasteiger partial charge in [-0.3, -0.25) is 0 Å². The van der Waals surface area contributed by atoms with Gasteiger partial charge < -0.3 is 4.42 Å². The average Bonchev–Trinajstić information content (AvgIpc) is 2.11. The summed E-state index contributed by atoms with van der Waals surface area (Å²) in [4.78, 5) is 3.53. The molecule has 0 spiro atoms. The normalized spacial score (nSPS) is 11.8. The summed E-state index contributed by atoms with van der Waals surface area (Å²) in [7, 11) is -3.20. The van der Waals surface area contributed by atoms with Crippen LogP contribution in [0.1, 0.15) is 5.76 Å². The van der Waals surface area contributed by atoms with Crippen LogP contribution in [0, 0.1) is 6.92 Å². The highest BCUT2D eigenvalue weighted by Gasteiger charge is 2.14. The molecule has 10 heavy (non-hydrogen) atoms. The molecule has 0 aliphatic rings. The Bertz CT molecular complexity index is 324. The molecule has 0 amide bonds. The number of aryl methyl sites for hydroxylation is 1. The van der Waals surface area contributed by atoms with E-state index in [0.717, 1.165) is 12.6 Å². The second-order valence-corrected chi connectivity index (χ2v) is 3.92. The van der Waals surface area contributed by atoms with Crippen molar-refractivity contribution in [1.29, 1.82) is 0 Å². The molecule has 0 unspecified atom stereocenters. The minimum atomic E-state index is -3.20. The fourth-order valence-corrected chi connectivity index (χ4v) is 1.46. The summed E-state index contributed by atoms with van der Waals surface area (Å²) >= 11 is 0. The lowest BCUT2D eigenvalue weighted by molar-refractivity contribution is 0.520. The van der Waals surface area contributed by atoms with Crippen molar-refractivity contribution in [1.82, 2.24) is 4.98 Å². The van der Waals surface area contributed by atoms with Crippen LogP contribution in [-0.4, -0.2) is 19.7 Å². The largest absolute Gasteiger partial charge is 0.447 e. The molecule has 0 saturated heterocycles. The van der Waals surface area contributed by atoms with Crippen molar-refractivity contribution in [2.45, 2.75) is 11.9 Å². The number of rotatable bonds is 1. The molecular formula is C5H7NO3S. The predicted molar refractivity (Wildman–Crippen MR) is 34.3 cm³/mol. The van der Waals surface area contributed by atoms with Gasteiger partial charge in [0.15, 0.2) is 21.3 Å². The summed E-state index contributed by atoms with van der Waals surface area (Å²) in [6.45, 7) is 1.56. The zero-order chi connectivity index (χ0) is 7.78. The van der Waals surface area contributed by atoms with Crippen LogP contribution in [0.15, 0.2) is 15.8 Å². The van der Waals surface area contributed by atoms with Crippen LogP contribution < -0.4 is 0 Å². The minimum Gasteiger partial charge on any atom is -0.447 e. The highest BCUT2D eigenvalue weighted by molar-refractivity contribution is 7.90. The van der Waals surface area contributed by atoms with E-state index in [4.69, 9.17) is 4.42 Å². The predicted octanol–water partition coefficient (Wildman–Crippen LogP) is 0.387. The highest BCUT2D eigenvalue weighted by Crippen LogP contribution is 2.10. The van der Waals surface area contributed by atoms with Gasteiger partial charge in [0, 0.05) is 6.26 Å². The lowest BCUT2D eigenvalue weighted by atomic mass is 10.6. The molecule has 0 aliphatic carbocycles. The maximum absolute atomic E-state index is 10.8. The van der Waals surface area contributed by atoms with Gasteiger partial charge in [0.2, 0.25) is 0 Å². The fraction of sp³-hybridized carbons (Fsp3) is 0.400. The summed E-state index contributed by atoms with van der Waals surface area (Å²) in [5, 5.41) is 0.0208.